The predicted molar refractivity (Wildman–Crippen MR) is 121 cm³/mol. The van der Waals surface area contributed by atoms with Crippen molar-refractivity contribution < 1.29 is 28.2 Å². The monoisotopic (exact) mass is 455 g/mol. The number of amides is 1. The Bertz CT molecular complexity index is 969. The molecular weight excluding hydrogens is 425 g/mol. The van der Waals surface area contributed by atoms with E-state index in [2.05, 4.69) is 0 Å². The molecule has 4 rings (SSSR count). The van der Waals surface area contributed by atoms with E-state index in [1.165, 1.54) is 12.1 Å². The maximum Gasteiger partial charge on any atom is 0.306 e. The van der Waals surface area contributed by atoms with Crippen molar-refractivity contribution in [1.29, 1.82) is 0 Å². The molecule has 1 unspecified atom stereocenters. The number of halogens is 1. The van der Waals surface area contributed by atoms with Crippen molar-refractivity contribution in [3.05, 3.63) is 59.4 Å². The summed E-state index contributed by atoms with van der Waals surface area (Å²) in [6.45, 7) is 3.68. The second-order valence-electron chi connectivity index (χ2n) is 8.57. The van der Waals surface area contributed by atoms with Gasteiger partial charge in [0, 0.05) is 19.5 Å². The Morgan fingerprint density at radius 2 is 1.82 bits per heavy atom. The summed E-state index contributed by atoms with van der Waals surface area (Å²) >= 11 is 0. The minimum Gasteiger partial charge on any atom is -0.466 e. The third-order valence-corrected chi connectivity index (χ3v) is 6.52. The first-order valence-electron chi connectivity index (χ1n) is 11.6. The Kier molecular flexibility index (Phi) is 7.47. The Morgan fingerprint density at radius 1 is 1.09 bits per heavy atom. The van der Waals surface area contributed by atoms with E-state index in [4.69, 9.17) is 14.2 Å². The second-order valence-corrected chi connectivity index (χ2v) is 8.57. The van der Waals surface area contributed by atoms with E-state index < -0.39 is 0 Å². The minimum atomic E-state index is -0.295. The van der Waals surface area contributed by atoms with Gasteiger partial charge in [-0.2, -0.15) is 0 Å². The lowest BCUT2D eigenvalue weighted by Gasteiger charge is -2.36. The van der Waals surface area contributed by atoms with Gasteiger partial charge in [0.1, 0.15) is 5.82 Å². The molecule has 6 nitrogen and oxygen atoms in total. The molecule has 176 valence electrons. The van der Waals surface area contributed by atoms with Crippen LogP contribution in [0.1, 0.15) is 49.7 Å². The molecule has 1 amide bonds. The number of fused-ring (bicyclic) bond motifs is 1. The van der Waals surface area contributed by atoms with E-state index in [0.717, 1.165) is 35.5 Å². The SMILES string of the molecule is CCOC(=O)CC(c1ccc(F)cc1)C1CCN(C(=O)CCc2ccc3c(c2)OCO3)CC1. The molecule has 1 fully saturated rings. The van der Waals surface area contributed by atoms with Crippen LogP contribution in [0, 0.1) is 11.7 Å². The van der Waals surface area contributed by atoms with E-state index in [1.54, 1.807) is 19.1 Å². The van der Waals surface area contributed by atoms with E-state index in [0.29, 0.717) is 32.5 Å². The molecule has 33 heavy (non-hydrogen) atoms. The number of rotatable bonds is 8. The van der Waals surface area contributed by atoms with E-state index in [9.17, 15) is 14.0 Å². The summed E-state index contributed by atoms with van der Waals surface area (Å²) in [5.74, 6) is 1.26. The van der Waals surface area contributed by atoms with Gasteiger partial charge in [0.05, 0.1) is 13.0 Å². The molecule has 0 saturated carbocycles. The highest BCUT2D eigenvalue weighted by molar-refractivity contribution is 5.76. The zero-order chi connectivity index (χ0) is 23.2. The molecule has 1 saturated heterocycles. The number of ether oxygens (including phenoxy) is 3. The van der Waals surface area contributed by atoms with E-state index >= 15 is 0 Å². The quantitative estimate of drug-likeness (QED) is 0.550. The highest BCUT2D eigenvalue weighted by atomic mass is 19.1. The molecule has 2 heterocycles. The maximum absolute atomic E-state index is 13.4. The van der Waals surface area contributed by atoms with Crippen LogP contribution in [0.3, 0.4) is 0 Å². The topological polar surface area (TPSA) is 65.1 Å². The lowest BCUT2D eigenvalue weighted by molar-refractivity contribution is -0.144. The number of hydrogen-bond donors (Lipinski definition) is 0. The summed E-state index contributed by atoms with van der Waals surface area (Å²) in [7, 11) is 0. The molecule has 1 atom stereocenters. The van der Waals surface area contributed by atoms with Gasteiger partial charge in [-0.3, -0.25) is 9.59 Å². The normalized spacial score (nSPS) is 16.5. The molecule has 2 aromatic carbocycles. The molecule has 2 aliphatic rings. The summed E-state index contributed by atoms with van der Waals surface area (Å²) < 4.78 is 29.3. The highest BCUT2D eigenvalue weighted by Gasteiger charge is 2.31. The van der Waals surface area contributed by atoms with Crippen LogP contribution in [0.15, 0.2) is 42.5 Å². The molecule has 0 aromatic heterocycles. The number of hydrogen-bond acceptors (Lipinski definition) is 5. The number of likely N-dealkylation sites (tertiary alicyclic amines) is 1. The Labute approximate surface area is 193 Å². The van der Waals surface area contributed by atoms with Gasteiger partial charge in [0.2, 0.25) is 12.7 Å². The molecule has 7 heteroatoms. The van der Waals surface area contributed by atoms with Gasteiger partial charge < -0.3 is 19.1 Å². The molecule has 2 aliphatic heterocycles. The number of esters is 1. The fourth-order valence-corrected chi connectivity index (χ4v) is 4.72. The van der Waals surface area contributed by atoms with E-state index in [1.807, 2.05) is 23.1 Å². The van der Waals surface area contributed by atoms with Gasteiger partial charge in [0.25, 0.3) is 0 Å². The van der Waals surface area contributed by atoms with Gasteiger partial charge in [-0.1, -0.05) is 18.2 Å². The summed E-state index contributed by atoms with van der Waals surface area (Å²) in [4.78, 5) is 26.9. The van der Waals surface area contributed by atoms with Crippen LogP contribution in [0.25, 0.3) is 0 Å². The summed E-state index contributed by atoms with van der Waals surface area (Å²) in [5.41, 5.74) is 1.99. The molecule has 0 bridgehead atoms. The van der Waals surface area contributed by atoms with Crippen LogP contribution in [0.5, 0.6) is 11.5 Å². The molecule has 0 aliphatic carbocycles. The molecule has 0 N–H and O–H groups in total. The lowest BCUT2D eigenvalue weighted by Crippen LogP contribution is -2.40. The van der Waals surface area contributed by atoms with Gasteiger partial charge in [-0.05, 0) is 73.4 Å². The Balaban J connectivity index is 1.32. The largest absolute Gasteiger partial charge is 0.466 e. The van der Waals surface area contributed by atoms with Crippen molar-refractivity contribution in [2.75, 3.05) is 26.5 Å². The standard InChI is InChI=1S/C26H30FNO5/c1-2-31-26(30)16-22(19-5-7-21(27)8-6-19)20-11-13-28(14-12-20)25(29)10-4-18-3-9-23-24(15-18)33-17-32-23/h3,5-9,15,20,22H,2,4,10-14,16-17H2,1H3. The van der Waals surface area contributed by atoms with Crippen LogP contribution in [-0.4, -0.2) is 43.3 Å². The molecule has 0 spiro atoms. The zero-order valence-electron chi connectivity index (χ0n) is 18.9. The first-order valence-corrected chi connectivity index (χ1v) is 11.6. The smallest absolute Gasteiger partial charge is 0.306 e. The van der Waals surface area contributed by atoms with Gasteiger partial charge in [-0.15, -0.1) is 0 Å². The van der Waals surface area contributed by atoms with Gasteiger partial charge >= 0.3 is 5.97 Å². The van der Waals surface area contributed by atoms with Crippen LogP contribution < -0.4 is 9.47 Å². The van der Waals surface area contributed by atoms with Gasteiger partial charge in [-0.25, -0.2) is 4.39 Å². The zero-order valence-corrected chi connectivity index (χ0v) is 18.9. The van der Waals surface area contributed by atoms with Crippen molar-refractivity contribution in [3.8, 4) is 11.5 Å². The number of aryl methyl sites for hydroxylation is 1. The molecule has 0 radical (unpaired) electrons. The van der Waals surface area contributed by atoms with E-state index in [-0.39, 0.29) is 42.7 Å². The number of benzene rings is 2. The molecule has 2 aromatic rings. The fraction of sp³-hybridized carbons (Fsp3) is 0.462. The summed E-state index contributed by atoms with van der Waals surface area (Å²) in [6, 6.07) is 12.2. The van der Waals surface area contributed by atoms with Crippen LogP contribution in [0.4, 0.5) is 4.39 Å². The number of carbonyl (C=O) groups excluding carboxylic acids is 2. The number of nitrogens with zero attached hydrogens (tertiary/aromatic N) is 1. The number of carbonyl (C=O) groups is 2. The summed E-state index contributed by atoms with van der Waals surface area (Å²) in [5, 5.41) is 0. The Hall–Kier alpha value is -3.09. The first kappa shape index (κ1) is 23.1. The highest BCUT2D eigenvalue weighted by Crippen LogP contribution is 2.36. The van der Waals surface area contributed by atoms with Crippen LogP contribution in [-0.2, 0) is 20.7 Å². The minimum absolute atomic E-state index is 0.0458. The van der Waals surface area contributed by atoms with Crippen molar-refractivity contribution in [3.63, 3.8) is 0 Å². The van der Waals surface area contributed by atoms with Crippen molar-refractivity contribution >= 4 is 11.9 Å². The number of piperidine rings is 1. The third-order valence-electron chi connectivity index (χ3n) is 6.52. The fourth-order valence-electron chi connectivity index (χ4n) is 4.72. The molecular formula is C26H30FNO5. The predicted octanol–water partition coefficient (Wildman–Crippen LogP) is 4.46. The van der Waals surface area contributed by atoms with Crippen molar-refractivity contribution in [2.45, 2.75) is 44.9 Å². The van der Waals surface area contributed by atoms with Gasteiger partial charge in [0.15, 0.2) is 11.5 Å². The second kappa shape index (κ2) is 10.7. The van der Waals surface area contributed by atoms with Crippen molar-refractivity contribution in [2.24, 2.45) is 5.92 Å². The van der Waals surface area contributed by atoms with Crippen molar-refractivity contribution in [1.82, 2.24) is 4.90 Å². The lowest BCUT2D eigenvalue weighted by atomic mass is 9.78. The average molecular weight is 456 g/mol. The van der Waals surface area contributed by atoms with Crippen LogP contribution in [0.2, 0.25) is 0 Å². The first-order chi connectivity index (χ1) is 16.0. The average Bonchev–Trinajstić information content (AvgIpc) is 3.30. The summed E-state index contributed by atoms with van der Waals surface area (Å²) in [6.07, 6.45) is 2.96. The third kappa shape index (κ3) is 5.83. The Morgan fingerprint density at radius 3 is 2.55 bits per heavy atom. The maximum atomic E-state index is 13.4. The van der Waals surface area contributed by atoms with Crippen LogP contribution >= 0.6 is 0 Å².